The van der Waals surface area contributed by atoms with Crippen LogP contribution in [0.1, 0.15) is 0 Å². The van der Waals surface area contributed by atoms with Crippen LogP contribution in [0.25, 0.3) is 0 Å². The Bertz CT molecular complexity index is 621. The number of aromatic nitrogens is 2. The summed E-state index contributed by atoms with van der Waals surface area (Å²) in [5.74, 6) is 1.07. The highest BCUT2D eigenvalue weighted by Gasteiger charge is 2.15. The Hall–Kier alpha value is -2.57. The lowest BCUT2D eigenvalue weighted by Crippen LogP contribution is -2.00. The van der Waals surface area contributed by atoms with Crippen molar-refractivity contribution in [3.05, 3.63) is 30.2 Å². The molecule has 1 N–H and O–H groups in total. The van der Waals surface area contributed by atoms with Crippen LogP contribution in [0.15, 0.2) is 24.4 Å². The predicted octanol–water partition coefficient (Wildman–Crippen LogP) is 2.18. The molecule has 0 aliphatic carbocycles. The topological polar surface area (TPSA) is 65.5 Å². The second-order valence-electron chi connectivity index (χ2n) is 3.71. The Balaban J connectivity index is 1.88. The summed E-state index contributed by atoms with van der Waals surface area (Å²) < 4.78 is 29.3. The summed E-state index contributed by atoms with van der Waals surface area (Å²) in [5, 5.41) is 2.71. The molecule has 19 heavy (non-hydrogen) atoms. The van der Waals surface area contributed by atoms with Crippen LogP contribution < -0.4 is 19.5 Å². The maximum absolute atomic E-state index is 13.5. The zero-order chi connectivity index (χ0) is 13.2. The minimum Gasteiger partial charge on any atom is -0.454 e. The van der Waals surface area contributed by atoms with Gasteiger partial charge in [0.2, 0.25) is 18.6 Å². The van der Waals surface area contributed by atoms with E-state index in [0.717, 1.165) is 6.20 Å². The van der Waals surface area contributed by atoms with Crippen molar-refractivity contribution in [1.29, 1.82) is 0 Å². The van der Waals surface area contributed by atoms with Gasteiger partial charge < -0.3 is 19.5 Å². The van der Waals surface area contributed by atoms with Crippen LogP contribution in [0.5, 0.6) is 23.1 Å². The van der Waals surface area contributed by atoms with Crippen molar-refractivity contribution in [1.82, 2.24) is 9.97 Å². The van der Waals surface area contributed by atoms with E-state index < -0.39 is 5.82 Å². The first kappa shape index (κ1) is 11.5. The van der Waals surface area contributed by atoms with E-state index in [2.05, 4.69) is 15.3 Å². The molecule has 1 aromatic heterocycles. The van der Waals surface area contributed by atoms with E-state index in [0.29, 0.717) is 17.2 Å². The number of anilines is 1. The number of ether oxygens (including phenoxy) is 3. The van der Waals surface area contributed by atoms with Crippen LogP contribution in [-0.2, 0) is 0 Å². The lowest BCUT2D eigenvalue weighted by Gasteiger charge is -2.07. The number of hydrogen-bond donors (Lipinski definition) is 1. The molecule has 1 aliphatic heterocycles. The summed E-state index contributed by atoms with van der Waals surface area (Å²) in [6.07, 6.45) is 1.04. The Labute approximate surface area is 108 Å². The summed E-state index contributed by atoms with van der Waals surface area (Å²) in [7, 11) is 1.64. The maximum atomic E-state index is 13.5. The summed E-state index contributed by atoms with van der Waals surface area (Å²) in [6, 6.07) is 4.95. The molecule has 2 aromatic rings. The van der Waals surface area contributed by atoms with E-state index in [1.807, 2.05) is 0 Å². The number of halogens is 1. The first-order valence-electron chi connectivity index (χ1n) is 5.54. The maximum Gasteiger partial charge on any atom is 0.260 e. The third-order valence-corrected chi connectivity index (χ3v) is 2.49. The molecule has 2 heterocycles. The lowest BCUT2D eigenvalue weighted by molar-refractivity contribution is 0.174. The smallest absolute Gasteiger partial charge is 0.260 e. The SMILES string of the molecule is CNc1ncc(F)c(Oc2ccc3c(c2)OCO3)n1. The highest BCUT2D eigenvalue weighted by atomic mass is 19.1. The summed E-state index contributed by atoms with van der Waals surface area (Å²) in [4.78, 5) is 7.62. The van der Waals surface area contributed by atoms with Crippen LogP contribution in [-0.4, -0.2) is 23.8 Å². The number of fused-ring (bicyclic) bond motifs is 1. The van der Waals surface area contributed by atoms with Gasteiger partial charge in [-0.15, -0.1) is 0 Å². The van der Waals surface area contributed by atoms with Crippen molar-refractivity contribution in [2.45, 2.75) is 0 Å². The average Bonchev–Trinajstić information content (AvgIpc) is 2.89. The van der Waals surface area contributed by atoms with Crippen LogP contribution in [0, 0.1) is 5.82 Å². The zero-order valence-corrected chi connectivity index (χ0v) is 10.0. The molecule has 0 atom stereocenters. The van der Waals surface area contributed by atoms with Gasteiger partial charge >= 0.3 is 0 Å². The van der Waals surface area contributed by atoms with Crippen LogP contribution in [0.4, 0.5) is 10.3 Å². The van der Waals surface area contributed by atoms with E-state index in [9.17, 15) is 4.39 Å². The summed E-state index contributed by atoms with van der Waals surface area (Å²) >= 11 is 0. The van der Waals surface area contributed by atoms with Crippen molar-refractivity contribution < 1.29 is 18.6 Å². The van der Waals surface area contributed by atoms with Gasteiger partial charge in [0.05, 0.1) is 6.20 Å². The van der Waals surface area contributed by atoms with Gasteiger partial charge in [-0.1, -0.05) is 0 Å². The fourth-order valence-corrected chi connectivity index (χ4v) is 1.60. The average molecular weight is 263 g/mol. The van der Waals surface area contributed by atoms with E-state index in [1.54, 1.807) is 25.2 Å². The molecule has 1 aromatic carbocycles. The van der Waals surface area contributed by atoms with Gasteiger partial charge in [0.25, 0.3) is 5.88 Å². The summed E-state index contributed by atoms with van der Waals surface area (Å²) in [5.41, 5.74) is 0. The van der Waals surface area contributed by atoms with Crippen molar-refractivity contribution >= 4 is 5.95 Å². The Morgan fingerprint density at radius 1 is 1.32 bits per heavy atom. The molecule has 0 bridgehead atoms. The van der Waals surface area contributed by atoms with Gasteiger partial charge in [-0.05, 0) is 12.1 Å². The molecule has 6 nitrogen and oxygen atoms in total. The monoisotopic (exact) mass is 263 g/mol. The van der Waals surface area contributed by atoms with Crippen LogP contribution in [0.2, 0.25) is 0 Å². The van der Waals surface area contributed by atoms with Gasteiger partial charge in [0.15, 0.2) is 11.5 Å². The fourth-order valence-electron chi connectivity index (χ4n) is 1.60. The van der Waals surface area contributed by atoms with Gasteiger partial charge in [0, 0.05) is 13.1 Å². The molecule has 98 valence electrons. The van der Waals surface area contributed by atoms with Crippen molar-refractivity contribution in [3.8, 4) is 23.1 Å². The van der Waals surface area contributed by atoms with E-state index in [4.69, 9.17) is 14.2 Å². The lowest BCUT2D eigenvalue weighted by atomic mass is 10.3. The number of hydrogen-bond acceptors (Lipinski definition) is 6. The normalized spacial score (nSPS) is 12.3. The van der Waals surface area contributed by atoms with Crippen LogP contribution >= 0.6 is 0 Å². The fraction of sp³-hybridized carbons (Fsp3) is 0.167. The molecule has 0 saturated carbocycles. The summed E-state index contributed by atoms with van der Waals surface area (Å²) in [6.45, 7) is 0.171. The quantitative estimate of drug-likeness (QED) is 0.915. The second-order valence-corrected chi connectivity index (χ2v) is 3.71. The Morgan fingerprint density at radius 2 is 2.16 bits per heavy atom. The standard InChI is InChI=1S/C12H10FN3O3/c1-14-12-15-5-8(13)11(16-12)19-7-2-3-9-10(4-7)18-6-17-9/h2-5H,6H2,1H3,(H,14,15,16). The zero-order valence-electron chi connectivity index (χ0n) is 10.0. The van der Waals surface area contributed by atoms with E-state index >= 15 is 0 Å². The van der Waals surface area contributed by atoms with E-state index in [-0.39, 0.29) is 18.6 Å². The second kappa shape index (κ2) is 4.60. The number of benzene rings is 1. The minimum absolute atomic E-state index is 0.154. The molecule has 0 unspecified atom stereocenters. The molecule has 0 spiro atoms. The first-order valence-corrected chi connectivity index (χ1v) is 5.54. The molecule has 0 amide bonds. The molecule has 0 saturated heterocycles. The molecule has 1 aliphatic rings. The first-order chi connectivity index (χ1) is 9.26. The van der Waals surface area contributed by atoms with E-state index in [1.165, 1.54) is 0 Å². The highest BCUT2D eigenvalue weighted by Crippen LogP contribution is 2.36. The molecular formula is C12H10FN3O3. The largest absolute Gasteiger partial charge is 0.454 e. The minimum atomic E-state index is -0.642. The van der Waals surface area contributed by atoms with Crippen molar-refractivity contribution in [3.63, 3.8) is 0 Å². The third-order valence-electron chi connectivity index (χ3n) is 2.49. The predicted molar refractivity (Wildman–Crippen MR) is 64.2 cm³/mol. The van der Waals surface area contributed by atoms with Crippen LogP contribution in [0.3, 0.4) is 0 Å². The highest BCUT2D eigenvalue weighted by molar-refractivity contribution is 5.47. The number of nitrogens with zero attached hydrogens (tertiary/aromatic N) is 2. The van der Waals surface area contributed by atoms with Gasteiger partial charge in [0.1, 0.15) is 5.75 Å². The Morgan fingerprint density at radius 3 is 3.00 bits per heavy atom. The van der Waals surface area contributed by atoms with Gasteiger partial charge in [-0.25, -0.2) is 4.98 Å². The molecule has 7 heteroatoms. The molecule has 0 radical (unpaired) electrons. The number of nitrogens with one attached hydrogen (secondary N) is 1. The number of rotatable bonds is 3. The van der Waals surface area contributed by atoms with Gasteiger partial charge in [-0.3, -0.25) is 0 Å². The molecule has 0 fully saturated rings. The Kier molecular flexibility index (Phi) is 2.79. The molecule has 3 rings (SSSR count). The van der Waals surface area contributed by atoms with Gasteiger partial charge in [-0.2, -0.15) is 9.37 Å². The molecular weight excluding hydrogens is 253 g/mol. The van der Waals surface area contributed by atoms with Crippen molar-refractivity contribution in [2.24, 2.45) is 0 Å². The third kappa shape index (κ3) is 2.22. The van der Waals surface area contributed by atoms with Crippen molar-refractivity contribution in [2.75, 3.05) is 19.2 Å².